The van der Waals surface area contributed by atoms with Gasteiger partial charge in [0.1, 0.15) is 6.04 Å². The zero-order valence-corrected chi connectivity index (χ0v) is 14.1. The number of carboxylic acids is 1. The van der Waals surface area contributed by atoms with Crippen molar-refractivity contribution < 1.29 is 14.7 Å². The van der Waals surface area contributed by atoms with Gasteiger partial charge in [0.05, 0.1) is 0 Å². The lowest BCUT2D eigenvalue weighted by Crippen LogP contribution is -2.48. The average molecular weight is 325 g/mol. The van der Waals surface area contributed by atoms with Gasteiger partial charge < -0.3 is 10.0 Å². The standard InChI is InChI=1S/C20H23NO3/c1-3-15(2)18(20(23)24)21(14-16-10-6-4-7-11-16)19(22)17-12-8-5-9-13-17/h4-13,15,18H,3,14H2,1-2H3,(H,23,24). The lowest BCUT2D eigenvalue weighted by molar-refractivity contribution is -0.144. The first kappa shape index (κ1) is 17.7. The minimum absolute atomic E-state index is 0.140. The Bertz CT molecular complexity index is 670. The molecule has 0 aromatic heterocycles. The minimum Gasteiger partial charge on any atom is -0.480 e. The second-order valence-electron chi connectivity index (χ2n) is 5.95. The van der Waals surface area contributed by atoms with Crippen molar-refractivity contribution in [2.45, 2.75) is 32.9 Å². The van der Waals surface area contributed by atoms with E-state index in [1.165, 1.54) is 4.90 Å². The molecule has 1 N–H and O–H groups in total. The molecule has 2 rings (SSSR count). The molecule has 0 radical (unpaired) electrons. The van der Waals surface area contributed by atoms with Crippen molar-refractivity contribution in [2.75, 3.05) is 0 Å². The van der Waals surface area contributed by atoms with Crippen LogP contribution in [0.1, 0.15) is 36.2 Å². The van der Waals surface area contributed by atoms with Crippen molar-refractivity contribution in [3.05, 3.63) is 71.8 Å². The van der Waals surface area contributed by atoms with Gasteiger partial charge in [-0.15, -0.1) is 0 Å². The number of hydrogen-bond donors (Lipinski definition) is 1. The summed E-state index contributed by atoms with van der Waals surface area (Å²) in [5.74, 6) is -1.37. The van der Waals surface area contributed by atoms with E-state index in [0.717, 1.165) is 5.56 Å². The molecule has 4 heteroatoms. The average Bonchev–Trinajstić information content (AvgIpc) is 2.61. The number of carbonyl (C=O) groups excluding carboxylic acids is 1. The van der Waals surface area contributed by atoms with Gasteiger partial charge in [-0.25, -0.2) is 4.79 Å². The summed E-state index contributed by atoms with van der Waals surface area (Å²) < 4.78 is 0. The second-order valence-corrected chi connectivity index (χ2v) is 5.95. The SMILES string of the molecule is CCC(C)C(C(=O)O)N(Cc1ccccc1)C(=O)c1ccccc1. The van der Waals surface area contributed by atoms with Crippen LogP contribution in [0.25, 0.3) is 0 Å². The van der Waals surface area contributed by atoms with Gasteiger partial charge >= 0.3 is 5.97 Å². The third-order valence-electron chi connectivity index (χ3n) is 4.25. The summed E-state index contributed by atoms with van der Waals surface area (Å²) in [5.41, 5.74) is 1.42. The zero-order chi connectivity index (χ0) is 17.5. The lowest BCUT2D eigenvalue weighted by Gasteiger charge is -2.32. The van der Waals surface area contributed by atoms with Crippen molar-refractivity contribution in [3.63, 3.8) is 0 Å². The first-order valence-corrected chi connectivity index (χ1v) is 8.17. The Morgan fingerprint density at radius 3 is 2.04 bits per heavy atom. The number of carboxylic acid groups (broad SMARTS) is 1. The van der Waals surface area contributed by atoms with E-state index in [4.69, 9.17) is 0 Å². The molecule has 0 bridgehead atoms. The van der Waals surface area contributed by atoms with E-state index in [1.807, 2.05) is 50.2 Å². The molecule has 0 spiro atoms. The maximum atomic E-state index is 13.0. The first-order chi connectivity index (χ1) is 11.5. The van der Waals surface area contributed by atoms with Gasteiger partial charge in [0.15, 0.2) is 0 Å². The van der Waals surface area contributed by atoms with Crippen molar-refractivity contribution >= 4 is 11.9 Å². The summed E-state index contributed by atoms with van der Waals surface area (Å²) in [6, 6.07) is 17.5. The summed E-state index contributed by atoms with van der Waals surface area (Å²) in [6.07, 6.45) is 0.685. The molecule has 24 heavy (non-hydrogen) atoms. The normalized spacial score (nSPS) is 13.1. The van der Waals surface area contributed by atoms with Crippen LogP contribution in [0.3, 0.4) is 0 Å². The van der Waals surface area contributed by atoms with Crippen molar-refractivity contribution in [1.29, 1.82) is 0 Å². The second kappa shape index (κ2) is 8.29. The molecule has 2 atom stereocenters. The number of benzene rings is 2. The van der Waals surface area contributed by atoms with Crippen molar-refractivity contribution in [1.82, 2.24) is 4.90 Å². The molecule has 126 valence electrons. The Balaban J connectivity index is 2.40. The Labute approximate surface area is 142 Å². The topological polar surface area (TPSA) is 57.6 Å². The zero-order valence-electron chi connectivity index (χ0n) is 14.1. The van der Waals surface area contributed by atoms with Gasteiger partial charge in [0.2, 0.25) is 0 Å². The largest absolute Gasteiger partial charge is 0.480 e. The van der Waals surface area contributed by atoms with E-state index in [-0.39, 0.29) is 18.4 Å². The molecule has 2 unspecified atom stereocenters. The smallest absolute Gasteiger partial charge is 0.326 e. The maximum absolute atomic E-state index is 13.0. The quantitative estimate of drug-likeness (QED) is 0.842. The van der Waals surface area contributed by atoms with E-state index in [9.17, 15) is 14.7 Å². The van der Waals surface area contributed by atoms with Gasteiger partial charge in [0, 0.05) is 12.1 Å². The summed E-state index contributed by atoms with van der Waals surface area (Å²) in [6.45, 7) is 4.08. The Hall–Kier alpha value is -2.62. The highest BCUT2D eigenvalue weighted by Gasteiger charge is 2.34. The predicted octanol–water partition coefficient (Wildman–Crippen LogP) is 3.83. The Kier molecular flexibility index (Phi) is 6.13. The number of carbonyl (C=O) groups is 2. The molecule has 0 aliphatic rings. The number of nitrogens with zero attached hydrogens (tertiary/aromatic N) is 1. The molecule has 0 saturated heterocycles. The van der Waals surface area contributed by atoms with Gasteiger partial charge in [-0.05, 0) is 23.6 Å². The van der Waals surface area contributed by atoms with E-state index in [1.54, 1.807) is 24.3 Å². The molecule has 0 aliphatic heterocycles. The summed E-state index contributed by atoms with van der Waals surface area (Å²) in [5, 5.41) is 9.73. The highest BCUT2D eigenvalue weighted by molar-refractivity contribution is 5.96. The third kappa shape index (κ3) is 4.22. The molecule has 0 aliphatic carbocycles. The molecule has 2 aromatic carbocycles. The lowest BCUT2D eigenvalue weighted by atomic mass is 9.96. The molecular weight excluding hydrogens is 302 g/mol. The number of rotatable bonds is 7. The number of aliphatic carboxylic acids is 1. The Morgan fingerprint density at radius 1 is 1.00 bits per heavy atom. The minimum atomic E-state index is -0.968. The van der Waals surface area contributed by atoms with E-state index in [0.29, 0.717) is 12.0 Å². The molecule has 0 fully saturated rings. The van der Waals surface area contributed by atoms with E-state index >= 15 is 0 Å². The van der Waals surface area contributed by atoms with Crippen LogP contribution in [-0.2, 0) is 11.3 Å². The fourth-order valence-corrected chi connectivity index (χ4v) is 2.73. The summed E-state index contributed by atoms with van der Waals surface area (Å²) >= 11 is 0. The molecule has 0 heterocycles. The van der Waals surface area contributed by atoms with Crippen molar-refractivity contribution in [2.24, 2.45) is 5.92 Å². The highest BCUT2D eigenvalue weighted by atomic mass is 16.4. The fraction of sp³-hybridized carbons (Fsp3) is 0.300. The molecule has 4 nitrogen and oxygen atoms in total. The fourth-order valence-electron chi connectivity index (χ4n) is 2.73. The van der Waals surface area contributed by atoms with E-state index in [2.05, 4.69) is 0 Å². The number of amides is 1. The highest BCUT2D eigenvalue weighted by Crippen LogP contribution is 2.21. The molecule has 1 amide bonds. The van der Waals surface area contributed by atoms with Crippen LogP contribution in [0.4, 0.5) is 0 Å². The van der Waals surface area contributed by atoms with Crippen LogP contribution in [-0.4, -0.2) is 27.9 Å². The molecular formula is C20H23NO3. The first-order valence-electron chi connectivity index (χ1n) is 8.17. The summed E-state index contributed by atoms with van der Waals surface area (Å²) in [4.78, 5) is 26.3. The van der Waals surface area contributed by atoms with Crippen LogP contribution in [0, 0.1) is 5.92 Å². The van der Waals surface area contributed by atoms with E-state index < -0.39 is 12.0 Å². The monoisotopic (exact) mass is 325 g/mol. The molecule has 2 aromatic rings. The van der Waals surface area contributed by atoms with Gasteiger partial charge in [-0.2, -0.15) is 0 Å². The van der Waals surface area contributed by atoms with Crippen LogP contribution >= 0.6 is 0 Å². The van der Waals surface area contributed by atoms with Crippen molar-refractivity contribution in [3.8, 4) is 0 Å². The van der Waals surface area contributed by atoms with Crippen LogP contribution in [0.5, 0.6) is 0 Å². The van der Waals surface area contributed by atoms with Gasteiger partial charge in [-0.1, -0.05) is 68.8 Å². The third-order valence-corrected chi connectivity index (χ3v) is 4.25. The molecule has 0 saturated carbocycles. The van der Waals surface area contributed by atoms with Crippen LogP contribution in [0.15, 0.2) is 60.7 Å². The number of hydrogen-bond acceptors (Lipinski definition) is 2. The predicted molar refractivity (Wildman–Crippen MR) is 93.6 cm³/mol. The Morgan fingerprint density at radius 2 is 1.54 bits per heavy atom. The van der Waals surface area contributed by atoms with Gasteiger partial charge in [-0.3, -0.25) is 4.79 Å². The maximum Gasteiger partial charge on any atom is 0.326 e. The summed E-state index contributed by atoms with van der Waals surface area (Å²) in [7, 11) is 0. The van der Waals surface area contributed by atoms with Crippen LogP contribution < -0.4 is 0 Å². The van der Waals surface area contributed by atoms with Gasteiger partial charge in [0.25, 0.3) is 5.91 Å². The van der Waals surface area contributed by atoms with Crippen LogP contribution in [0.2, 0.25) is 0 Å².